The summed E-state index contributed by atoms with van der Waals surface area (Å²) in [5.41, 5.74) is 1.97. The molecule has 0 aliphatic heterocycles. The number of hydrogen-bond donors (Lipinski definition) is 0. The van der Waals surface area contributed by atoms with Crippen LogP contribution < -0.4 is 15.1 Å². The molecule has 3 nitrogen and oxygen atoms in total. The highest BCUT2D eigenvalue weighted by Gasteiger charge is 2.44. The van der Waals surface area contributed by atoms with Crippen molar-refractivity contribution in [2.24, 2.45) is 0 Å². The Kier molecular flexibility index (Phi) is 23.1. The van der Waals surface area contributed by atoms with Crippen molar-refractivity contribution in [2.75, 3.05) is 0 Å². The summed E-state index contributed by atoms with van der Waals surface area (Å²) >= 11 is 0. The third kappa shape index (κ3) is 15.2. The van der Waals surface area contributed by atoms with Crippen molar-refractivity contribution in [3.8, 4) is 44.5 Å². The summed E-state index contributed by atoms with van der Waals surface area (Å²) in [5, 5.41) is 25.2. The first-order valence-electron chi connectivity index (χ1n) is 30.2. The van der Waals surface area contributed by atoms with Crippen LogP contribution >= 0.6 is 0 Å². The normalized spacial score (nSPS) is 10.7. The van der Waals surface area contributed by atoms with Gasteiger partial charge in [-0.25, -0.2) is 70.2 Å². The van der Waals surface area contributed by atoms with Crippen LogP contribution in [-0.2, 0) is 0 Å². The van der Waals surface area contributed by atoms with E-state index < -0.39 is 145 Å². The Labute approximate surface area is 568 Å². The summed E-state index contributed by atoms with van der Waals surface area (Å²) in [5.74, 6) is -30.2. The third-order valence-electron chi connectivity index (χ3n) is 15.6. The fourth-order valence-corrected chi connectivity index (χ4v) is 11.2. The second-order valence-electron chi connectivity index (χ2n) is 21.7. The molecule has 15 rings (SSSR count). The van der Waals surface area contributed by atoms with E-state index in [9.17, 15) is 70.2 Å². The zero-order valence-corrected chi connectivity index (χ0v) is 51.8. The smallest absolute Gasteiger partial charge is 0.198 e. The Morgan fingerprint density at radius 3 is 0.307 bits per heavy atom. The van der Waals surface area contributed by atoms with Gasteiger partial charge in [0, 0.05) is 44.5 Å². The van der Waals surface area contributed by atoms with E-state index in [1.807, 2.05) is 0 Å². The van der Waals surface area contributed by atoms with Crippen LogP contribution in [-0.4, -0.2) is 7.32 Å². The number of halogens is 16. The fourth-order valence-electron chi connectivity index (χ4n) is 11.2. The molecular weight excluding hydrogens is 1340 g/mol. The molecule has 0 aromatic heterocycles. The first-order chi connectivity index (χ1) is 48.7. The summed E-state index contributed by atoms with van der Waals surface area (Å²) in [6.07, 6.45) is 0. The highest BCUT2D eigenvalue weighted by Crippen LogP contribution is 2.56. The van der Waals surface area contributed by atoms with Crippen LogP contribution in [0, 0.1) is 111 Å². The highest BCUT2D eigenvalue weighted by molar-refractivity contribution is 6.24. The van der Waals surface area contributed by atoms with E-state index in [-0.39, 0.29) is 0 Å². The van der Waals surface area contributed by atoms with Gasteiger partial charge in [-0.1, -0.05) is 54.6 Å². The standard InChI is InChI=1S/3C19H15.2C12F8.BO3/c3*1-4-10-16(11-5-1)19(17-12-6-2-7-13-17)18-14-8-3-9-15-18;2*13-5-1-2(6(14)10(18)9(5)17)4-3(1)7(15)11(19)12(20)8(4)16;2-1(3)4/h3*1-15H;;;/q3*+1;;;-3. The molecule has 20 heteroatoms. The van der Waals surface area contributed by atoms with Gasteiger partial charge >= 0.3 is 0 Å². The first kappa shape index (κ1) is 72.1. The number of fused-ring (bicyclic) bond motifs is 8. The molecule has 0 heterocycles. The molecular formula is C81H45BF16O3. The van der Waals surface area contributed by atoms with E-state index >= 15 is 0 Å². The maximum atomic E-state index is 13.4. The monoisotopic (exact) mass is 1380 g/mol. The molecule has 0 atom stereocenters. The molecule has 0 fully saturated rings. The minimum atomic E-state index is -2.92. The van der Waals surface area contributed by atoms with Crippen LogP contribution in [0.5, 0.6) is 0 Å². The van der Waals surface area contributed by atoms with E-state index in [0.29, 0.717) is 0 Å². The predicted octanol–water partition coefficient (Wildman–Crippen LogP) is 19.1. The zero-order valence-electron chi connectivity index (χ0n) is 51.8. The predicted molar refractivity (Wildman–Crippen MR) is 346 cm³/mol. The zero-order chi connectivity index (χ0) is 72.2. The van der Waals surface area contributed by atoms with Gasteiger partial charge in [-0.2, -0.15) is 0 Å². The van der Waals surface area contributed by atoms with Gasteiger partial charge in [-0.3, -0.25) is 7.32 Å². The van der Waals surface area contributed by atoms with E-state index in [1.165, 1.54) is 67.8 Å². The second kappa shape index (κ2) is 32.3. The molecule has 0 bridgehead atoms. The lowest BCUT2D eigenvalue weighted by atomic mass is 9.78. The van der Waals surface area contributed by atoms with Gasteiger partial charge in [-0.15, -0.1) is 0 Å². The van der Waals surface area contributed by atoms with Crippen molar-refractivity contribution in [3.63, 3.8) is 0 Å². The molecule has 0 N–H and O–H groups in total. The molecule has 0 amide bonds. The van der Waals surface area contributed by atoms with Crippen molar-refractivity contribution in [1.29, 1.82) is 0 Å². The lowest BCUT2D eigenvalue weighted by Crippen LogP contribution is -2.56. The maximum Gasteiger partial charge on any atom is 0.198 e. The van der Waals surface area contributed by atoms with Crippen LogP contribution in [0.4, 0.5) is 70.2 Å². The van der Waals surface area contributed by atoms with Gasteiger partial charge in [0.05, 0.1) is 67.8 Å². The van der Waals surface area contributed by atoms with Crippen LogP contribution in [0.3, 0.4) is 0 Å². The van der Waals surface area contributed by atoms with Gasteiger partial charge < -0.3 is 15.1 Å². The van der Waals surface area contributed by atoms with Gasteiger partial charge in [0.25, 0.3) is 0 Å². The highest BCUT2D eigenvalue weighted by atomic mass is 19.2. The van der Waals surface area contributed by atoms with Gasteiger partial charge in [0.2, 0.25) is 0 Å². The van der Waals surface area contributed by atoms with Crippen molar-refractivity contribution in [2.45, 2.75) is 0 Å². The van der Waals surface area contributed by atoms with E-state index in [2.05, 4.69) is 273 Å². The Morgan fingerprint density at radius 1 is 0.149 bits per heavy atom. The Morgan fingerprint density at radius 2 is 0.228 bits per heavy atom. The summed E-state index contributed by atoms with van der Waals surface area (Å²) in [6, 6.07) is 94.9. The quantitative estimate of drug-likeness (QED) is 0.0361. The SMILES string of the molecule is Fc1c(F)c(F)c2c(c1F)-c1c(F)c(F)c(F)c(F)c1-2.Fc1c(F)c(F)c2c(c1F)-c1c(F)c(F)c(F)c(F)c1-2.[O-]B([O-])[O-].c1ccc([C+](c2ccccc2)c2ccccc2)cc1.c1ccc([C+](c2ccccc2)c2ccccc2)cc1.c1ccc([C+](c2ccccc2)c2ccccc2)cc1. The minimum absolute atomic E-state index is 1.16. The van der Waals surface area contributed by atoms with E-state index in [1.54, 1.807) is 0 Å². The van der Waals surface area contributed by atoms with E-state index in [4.69, 9.17) is 15.1 Å². The third-order valence-corrected chi connectivity index (χ3v) is 15.6. The Bertz CT molecular complexity index is 3980. The summed E-state index contributed by atoms with van der Waals surface area (Å²) < 4.78 is 211. The van der Waals surface area contributed by atoms with Gasteiger partial charge in [0.15, 0.2) is 93.1 Å². The molecule has 0 unspecified atom stereocenters. The van der Waals surface area contributed by atoms with Crippen molar-refractivity contribution < 1.29 is 85.3 Å². The minimum Gasteiger partial charge on any atom is -0.907 e. The summed E-state index contributed by atoms with van der Waals surface area (Å²) in [6.45, 7) is 0. The van der Waals surface area contributed by atoms with Crippen molar-refractivity contribution in [1.82, 2.24) is 0 Å². The lowest BCUT2D eigenvalue weighted by Gasteiger charge is -2.35. The largest absolute Gasteiger partial charge is 0.907 e. The summed E-state index contributed by atoms with van der Waals surface area (Å²) in [7, 11) is -2.92. The van der Waals surface area contributed by atoms with Crippen LogP contribution in [0.2, 0.25) is 0 Å². The molecule has 0 saturated heterocycles. The number of rotatable bonds is 9. The molecule has 13 aromatic rings. The Balaban J connectivity index is 0.000000134. The number of benzene rings is 13. The molecule has 13 aromatic carbocycles. The molecule has 0 spiro atoms. The average molecular weight is 1380 g/mol. The average Bonchev–Trinajstić information content (AvgIpc) is 0.702. The van der Waals surface area contributed by atoms with Gasteiger partial charge in [0.1, 0.15) is 0 Å². The molecule has 0 radical (unpaired) electrons. The molecule has 502 valence electrons. The van der Waals surface area contributed by atoms with Crippen LogP contribution in [0.25, 0.3) is 44.5 Å². The maximum absolute atomic E-state index is 13.4. The molecule has 101 heavy (non-hydrogen) atoms. The Hall–Kier alpha value is -11.7. The fraction of sp³-hybridized carbons (Fsp3) is 0. The van der Waals surface area contributed by atoms with Gasteiger partial charge in [-0.05, 0) is 218 Å². The second-order valence-corrected chi connectivity index (χ2v) is 21.7. The first-order valence-corrected chi connectivity index (χ1v) is 30.2. The summed E-state index contributed by atoms with van der Waals surface area (Å²) in [4.78, 5) is 0. The lowest BCUT2D eigenvalue weighted by molar-refractivity contribution is -0.479. The number of hydrogen-bond acceptors (Lipinski definition) is 3. The van der Waals surface area contributed by atoms with Crippen LogP contribution in [0.15, 0.2) is 273 Å². The van der Waals surface area contributed by atoms with E-state index in [0.717, 1.165) is 0 Å². The van der Waals surface area contributed by atoms with Crippen molar-refractivity contribution >= 4 is 7.32 Å². The van der Waals surface area contributed by atoms with Crippen LogP contribution in [0.1, 0.15) is 50.1 Å². The molecule has 2 aliphatic carbocycles. The molecule has 2 aliphatic rings. The molecule has 0 saturated carbocycles. The van der Waals surface area contributed by atoms with Crippen molar-refractivity contribution in [3.05, 3.63) is 434 Å². The topological polar surface area (TPSA) is 69.2 Å².